The lowest BCUT2D eigenvalue weighted by atomic mass is 9.79. The van der Waals surface area contributed by atoms with Crippen LogP contribution in [0.2, 0.25) is 0 Å². The van der Waals surface area contributed by atoms with Crippen molar-refractivity contribution in [3.63, 3.8) is 0 Å². The predicted molar refractivity (Wildman–Crippen MR) is 47.4 cm³/mol. The second-order valence-electron chi connectivity index (χ2n) is 4.33. The van der Waals surface area contributed by atoms with Crippen molar-refractivity contribution in [2.45, 2.75) is 44.0 Å². The topological polar surface area (TPSA) is 17.1 Å². The number of hydrogen-bond donors (Lipinski definition) is 0. The maximum atomic E-state index is 13.2. The van der Waals surface area contributed by atoms with Crippen LogP contribution in [0.4, 0.5) is 26.3 Å². The summed E-state index contributed by atoms with van der Waals surface area (Å²) in [5.41, 5.74) is 0. The summed E-state index contributed by atoms with van der Waals surface area (Å²) in [6.07, 6.45) is -8.35. The van der Waals surface area contributed by atoms with Crippen LogP contribution in [0.1, 0.15) is 25.7 Å². The van der Waals surface area contributed by atoms with E-state index in [2.05, 4.69) is 0 Å². The highest BCUT2D eigenvalue weighted by atomic mass is 19.4. The van der Waals surface area contributed by atoms with E-state index in [0.29, 0.717) is 6.29 Å². The molecule has 0 aromatic rings. The summed E-state index contributed by atoms with van der Waals surface area (Å²) >= 11 is 0. The Morgan fingerprint density at radius 2 is 1.47 bits per heavy atom. The number of alkyl halides is 6. The van der Waals surface area contributed by atoms with Gasteiger partial charge in [0.1, 0.15) is 6.29 Å². The smallest absolute Gasteiger partial charge is 0.303 e. The first kappa shape index (κ1) is 14.3. The van der Waals surface area contributed by atoms with Crippen LogP contribution in [0.5, 0.6) is 0 Å². The molecule has 1 unspecified atom stereocenters. The summed E-state index contributed by atoms with van der Waals surface area (Å²) in [7, 11) is 0. The Balaban J connectivity index is 2.65. The van der Waals surface area contributed by atoms with Gasteiger partial charge in [-0.05, 0) is 31.6 Å². The Morgan fingerprint density at radius 3 is 1.82 bits per heavy atom. The predicted octanol–water partition coefficient (Wildman–Crippen LogP) is 3.53. The van der Waals surface area contributed by atoms with Gasteiger partial charge in [-0.15, -0.1) is 0 Å². The third-order valence-corrected chi connectivity index (χ3v) is 3.15. The minimum Gasteiger partial charge on any atom is -0.303 e. The quantitative estimate of drug-likeness (QED) is 0.561. The number of aldehydes is 1. The first-order valence-electron chi connectivity index (χ1n) is 5.24. The van der Waals surface area contributed by atoms with Crippen LogP contribution >= 0.6 is 0 Å². The largest absolute Gasteiger partial charge is 0.456 e. The fourth-order valence-electron chi connectivity index (χ4n) is 2.03. The van der Waals surface area contributed by atoms with Gasteiger partial charge < -0.3 is 4.79 Å². The van der Waals surface area contributed by atoms with Gasteiger partial charge in [0.2, 0.25) is 0 Å². The second-order valence-corrected chi connectivity index (χ2v) is 4.33. The van der Waals surface area contributed by atoms with E-state index in [1.165, 1.54) is 0 Å². The van der Waals surface area contributed by atoms with E-state index in [9.17, 15) is 31.1 Å². The molecule has 0 aliphatic heterocycles. The third-order valence-electron chi connectivity index (χ3n) is 3.15. The molecule has 100 valence electrons. The summed E-state index contributed by atoms with van der Waals surface area (Å²) in [5, 5.41) is 0. The summed E-state index contributed by atoms with van der Waals surface area (Å²) in [6, 6.07) is 0. The van der Waals surface area contributed by atoms with Gasteiger partial charge >= 0.3 is 12.1 Å². The standard InChI is InChI=1S/C10H12F6O/c11-8(9(12,13)10(14,15)16)7-3-1-6(5-17)2-4-7/h5-8H,1-4H2. The Labute approximate surface area is 94.2 Å². The Hall–Kier alpha value is -0.750. The van der Waals surface area contributed by atoms with Gasteiger partial charge in [-0.2, -0.15) is 22.0 Å². The Bertz CT molecular complexity index is 266. The van der Waals surface area contributed by atoms with Crippen molar-refractivity contribution in [3.05, 3.63) is 0 Å². The van der Waals surface area contributed by atoms with Gasteiger partial charge in [0, 0.05) is 5.92 Å². The average molecular weight is 262 g/mol. The zero-order valence-electron chi connectivity index (χ0n) is 8.81. The van der Waals surface area contributed by atoms with Crippen LogP contribution in [0.3, 0.4) is 0 Å². The maximum absolute atomic E-state index is 13.2. The minimum absolute atomic E-state index is 0.115. The van der Waals surface area contributed by atoms with Crippen molar-refractivity contribution in [2.24, 2.45) is 11.8 Å². The number of carbonyl (C=O) groups is 1. The van der Waals surface area contributed by atoms with E-state index in [1.54, 1.807) is 0 Å². The van der Waals surface area contributed by atoms with Crippen molar-refractivity contribution in [1.29, 1.82) is 0 Å². The van der Waals surface area contributed by atoms with E-state index in [1.807, 2.05) is 0 Å². The van der Waals surface area contributed by atoms with E-state index in [0.717, 1.165) is 0 Å². The molecule has 0 aromatic heterocycles. The lowest BCUT2D eigenvalue weighted by Crippen LogP contribution is -2.48. The molecule has 0 N–H and O–H groups in total. The molecular formula is C10H12F6O. The van der Waals surface area contributed by atoms with E-state index in [4.69, 9.17) is 0 Å². The Kier molecular flexibility index (Phi) is 4.09. The molecular weight excluding hydrogens is 250 g/mol. The molecule has 1 nitrogen and oxygen atoms in total. The molecule has 7 heteroatoms. The van der Waals surface area contributed by atoms with Crippen LogP contribution in [0.25, 0.3) is 0 Å². The number of hydrogen-bond acceptors (Lipinski definition) is 1. The fourth-order valence-corrected chi connectivity index (χ4v) is 2.03. The summed E-state index contributed by atoms with van der Waals surface area (Å²) in [6.45, 7) is 0. The molecule has 0 saturated heterocycles. The monoisotopic (exact) mass is 262 g/mol. The van der Waals surface area contributed by atoms with Crippen molar-refractivity contribution >= 4 is 6.29 Å². The van der Waals surface area contributed by atoms with Crippen LogP contribution in [0.15, 0.2) is 0 Å². The summed E-state index contributed by atoms with van der Waals surface area (Å²) in [5.74, 6) is -6.99. The zero-order valence-corrected chi connectivity index (χ0v) is 8.81. The molecule has 1 saturated carbocycles. The van der Waals surface area contributed by atoms with Gasteiger partial charge in [-0.25, -0.2) is 4.39 Å². The lowest BCUT2D eigenvalue weighted by molar-refractivity contribution is -0.310. The van der Waals surface area contributed by atoms with Crippen LogP contribution < -0.4 is 0 Å². The zero-order chi connectivity index (χ0) is 13.3. The lowest BCUT2D eigenvalue weighted by Gasteiger charge is -2.32. The molecule has 17 heavy (non-hydrogen) atoms. The highest BCUT2D eigenvalue weighted by Gasteiger charge is 2.64. The first-order chi connectivity index (χ1) is 7.70. The summed E-state index contributed by atoms with van der Waals surface area (Å²) < 4.78 is 74.5. The third kappa shape index (κ3) is 2.93. The van der Waals surface area contributed by atoms with Gasteiger partial charge in [0.25, 0.3) is 0 Å². The molecule has 0 radical (unpaired) electrons. The number of rotatable bonds is 3. The second kappa shape index (κ2) is 4.86. The van der Waals surface area contributed by atoms with Gasteiger partial charge in [-0.1, -0.05) is 0 Å². The fraction of sp³-hybridized carbons (Fsp3) is 0.900. The molecule has 0 heterocycles. The van der Waals surface area contributed by atoms with Crippen molar-refractivity contribution in [2.75, 3.05) is 0 Å². The van der Waals surface area contributed by atoms with Gasteiger partial charge in [0.15, 0.2) is 6.17 Å². The Morgan fingerprint density at radius 1 is 1.00 bits per heavy atom. The minimum atomic E-state index is -5.87. The number of halogens is 6. The molecule has 0 spiro atoms. The average Bonchev–Trinajstić information content (AvgIpc) is 2.26. The van der Waals surface area contributed by atoms with Gasteiger partial charge in [-0.3, -0.25) is 0 Å². The molecule has 0 aromatic carbocycles. The molecule has 0 amide bonds. The highest BCUT2D eigenvalue weighted by Crippen LogP contribution is 2.45. The molecule has 1 rings (SSSR count). The van der Waals surface area contributed by atoms with Crippen molar-refractivity contribution < 1.29 is 31.1 Å². The summed E-state index contributed by atoms with van der Waals surface area (Å²) in [4.78, 5) is 10.4. The highest BCUT2D eigenvalue weighted by molar-refractivity contribution is 5.53. The normalized spacial score (nSPS) is 28.8. The van der Waals surface area contributed by atoms with Gasteiger partial charge in [0.05, 0.1) is 0 Å². The molecule has 0 bridgehead atoms. The number of carbonyl (C=O) groups excluding carboxylic acids is 1. The SMILES string of the molecule is O=CC1CCC(C(F)C(F)(F)C(F)(F)F)CC1. The van der Waals surface area contributed by atoms with Crippen LogP contribution in [-0.2, 0) is 4.79 Å². The van der Waals surface area contributed by atoms with Crippen molar-refractivity contribution in [1.82, 2.24) is 0 Å². The molecule has 1 atom stereocenters. The maximum Gasteiger partial charge on any atom is 0.456 e. The van der Waals surface area contributed by atoms with Crippen LogP contribution in [-0.4, -0.2) is 24.6 Å². The van der Waals surface area contributed by atoms with E-state index < -0.39 is 24.2 Å². The van der Waals surface area contributed by atoms with E-state index >= 15 is 0 Å². The van der Waals surface area contributed by atoms with E-state index in [-0.39, 0.29) is 31.6 Å². The molecule has 1 aliphatic rings. The van der Waals surface area contributed by atoms with Crippen LogP contribution in [0, 0.1) is 11.8 Å². The molecule has 1 fully saturated rings. The van der Waals surface area contributed by atoms with Crippen molar-refractivity contribution in [3.8, 4) is 0 Å². The molecule has 1 aliphatic carbocycles. The first-order valence-corrected chi connectivity index (χ1v) is 5.24.